The summed E-state index contributed by atoms with van der Waals surface area (Å²) in [4.78, 5) is 3.93. The molecule has 0 spiro atoms. The molecule has 1 rings (SSSR count). The normalized spacial score (nSPS) is 14.8. The first-order chi connectivity index (χ1) is 7.60. The Labute approximate surface area is 105 Å². The molecule has 5 heteroatoms. The Morgan fingerprint density at radius 2 is 2.12 bits per heavy atom. The van der Waals surface area contributed by atoms with Crippen LogP contribution >= 0.6 is 23.2 Å². The van der Waals surface area contributed by atoms with Crippen molar-refractivity contribution in [2.24, 2.45) is 5.92 Å². The number of halogens is 2. The Kier molecular flexibility index (Phi) is 5.49. The minimum atomic E-state index is -0.558. The monoisotopic (exact) mass is 263 g/mol. The van der Waals surface area contributed by atoms with Crippen LogP contribution in [0.15, 0.2) is 12.3 Å². The van der Waals surface area contributed by atoms with E-state index in [4.69, 9.17) is 23.2 Å². The largest absolute Gasteiger partial charge is 0.396 e. The van der Waals surface area contributed by atoms with Crippen molar-refractivity contribution >= 4 is 23.2 Å². The fourth-order valence-corrected chi connectivity index (χ4v) is 2.05. The van der Waals surface area contributed by atoms with Crippen LogP contribution in [0.4, 0.5) is 0 Å². The van der Waals surface area contributed by atoms with Crippen LogP contribution in [0.5, 0.6) is 0 Å². The molecule has 1 aromatic rings. The van der Waals surface area contributed by atoms with E-state index in [0.717, 1.165) is 0 Å². The zero-order chi connectivity index (χ0) is 12.1. The molecule has 0 amide bonds. The summed E-state index contributed by atoms with van der Waals surface area (Å²) in [6.07, 6.45) is 1.98. The van der Waals surface area contributed by atoms with E-state index in [1.807, 2.05) is 6.92 Å². The van der Waals surface area contributed by atoms with E-state index in [9.17, 15) is 10.2 Å². The Balaban J connectivity index is 2.85. The SMILES string of the molecule is CCC(O)C(CO)Cc1c(Cl)ccnc1Cl. The average Bonchev–Trinajstić information content (AvgIpc) is 2.28. The van der Waals surface area contributed by atoms with E-state index in [-0.39, 0.29) is 12.5 Å². The highest BCUT2D eigenvalue weighted by molar-refractivity contribution is 6.35. The molecule has 2 N–H and O–H groups in total. The Morgan fingerprint density at radius 1 is 1.44 bits per heavy atom. The molecular formula is C11H15Cl2NO2. The summed E-state index contributed by atoms with van der Waals surface area (Å²) in [5.41, 5.74) is 0.678. The van der Waals surface area contributed by atoms with E-state index < -0.39 is 6.10 Å². The molecule has 0 saturated carbocycles. The smallest absolute Gasteiger partial charge is 0.133 e. The van der Waals surface area contributed by atoms with E-state index in [2.05, 4.69) is 4.98 Å². The second kappa shape index (κ2) is 6.40. The molecule has 2 unspecified atom stereocenters. The van der Waals surface area contributed by atoms with E-state index in [1.54, 1.807) is 6.07 Å². The molecule has 2 atom stereocenters. The summed E-state index contributed by atoms with van der Waals surface area (Å²) in [6.45, 7) is 1.76. The lowest BCUT2D eigenvalue weighted by atomic mass is 9.94. The number of nitrogens with zero attached hydrogens (tertiary/aromatic N) is 1. The van der Waals surface area contributed by atoms with Crippen LogP contribution in [0.2, 0.25) is 10.2 Å². The number of aliphatic hydroxyl groups excluding tert-OH is 2. The van der Waals surface area contributed by atoms with Crippen LogP contribution in [0.1, 0.15) is 18.9 Å². The molecule has 0 aliphatic rings. The molecule has 0 fully saturated rings. The highest BCUT2D eigenvalue weighted by atomic mass is 35.5. The summed E-state index contributed by atoms with van der Waals surface area (Å²) in [5, 5.41) is 19.7. The predicted molar refractivity (Wildman–Crippen MR) is 64.8 cm³/mol. The van der Waals surface area contributed by atoms with Gasteiger partial charge in [-0.2, -0.15) is 0 Å². The average molecular weight is 264 g/mol. The maximum atomic E-state index is 9.69. The molecule has 90 valence electrons. The van der Waals surface area contributed by atoms with Gasteiger partial charge in [-0.3, -0.25) is 0 Å². The number of pyridine rings is 1. The van der Waals surface area contributed by atoms with Gasteiger partial charge in [-0.15, -0.1) is 0 Å². The first-order valence-electron chi connectivity index (χ1n) is 5.17. The zero-order valence-corrected chi connectivity index (χ0v) is 10.5. The van der Waals surface area contributed by atoms with Gasteiger partial charge in [0.2, 0.25) is 0 Å². The quantitative estimate of drug-likeness (QED) is 0.802. The van der Waals surface area contributed by atoms with E-state index in [0.29, 0.717) is 28.6 Å². The van der Waals surface area contributed by atoms with Crippen molar-refractivity contribution in [1.29, 1.82) is 0 Å². The fourth-order valence-electron chi connectivity index (χ4n) is 1.54. The van der Waals surface area contributed by atoms with Crippen molar-refractivity contribution in [2.45, 2.75) is 25.9 Å². The molecule has 16 heavy (non-hydrogen) atoms. The third-order valence-corrected chi connectivity index (χ3v) is 3.29. The van der Waals surface area contributed by atoms with Crippen molar-refractivity contribution in [2.75, 3.05) is 6.61 Å². The number of hydrogen-bond acceptors (Lipinski definition) is 3. The van der Waals surface area contributed by atoms with Crippen LogP contribution < -0.4 is 0 Å². The van der Waals surface area contributed by atoms with Crippen molar-refractivity contribution < 1.29 is 10.2 Å². The summed E-state index contributed by atoms with van der Waals surface area (Å²) in [7, 11) is 0. The highest BCUT2D eigenvalue weighted by Crippen LogP contribution is 2.26. The minimum absolute atomic E-state index is 0.101. The van der Waals surface area contributed by atoms with Crippen LogP contribution in [0.25, 0.3) is 0 Å². The summed E-state index contributed by atoms with van der Waals surface area (Å²) in [5.74, 6) is -0.260. The zero-order valence-electron chi connectivity index (χ0n) is 9.03. The van der Waals surface area contributed by atoms with Crippen LogP contribution in [0, 0.1) is 5.92 Å². The van der Waals surface area contributed by atoms with Gasteiger partial charge in [0.25, 0.3) is 0 Å². The van der Waals surface area contributed by atoms with Gasteiger partial charge < -0.3 is 10.2 Å². The Hall–Kier alpha value is -0.350. The molecule has 0 bridgehead atoms. The first-order valence-corrected chi connectivity index (χ1v) is 5.93. The van der Waals surface area contributed by atoms with Gasteiger partial charge in [0, 0.05) is 29.3 Å². The lowest BCUT2D eigenvalue weighted by molar-refractivity contribution is 0.0646. The number of rotatable bonds is 5. The molecule has 1 heterocycles. The van der Waals surface area contributed by atoms with Crippen LogP contribution in [-0.2, 0) is 6.42 Å². The molecule has 0 aliphatic heterocycles. The third-order valence-electron chi connectivity index (χ3n) is 2.61. The lowest BCUT2D eigenvalue weighted by Crippen LogP contribution is -2.25. The summed E-state index contributed by atoms with van der Waals surface area (Å²) >= 11 is 11.9. The van der Waals surface area contributed by atoms with Crippen molar-refractivity contribution in [3.8, 4) is 0 Å². The van der Waals surface area contributed by atoms with Gasteiger partial charge in [0.05, 0.1) is 6.10 Å². The summed E-state index contributed by atoms with van der Waals surface area (Å²) < 4.78 is 0. The van der Waals surface area contributed by atoms with E-state index in [1.165, 1.54) is 6.20 Å². The van der Waals surface area contributed by atoms with Crippen LogP contribution in [-0.4, -0.2) is 27.9 Å². The van der Waals surface area contributed by atoms with Gasteiger partial charge >= 0.3 is 0 Å². The number of aliphatic hydroxyl groups is 2. The minimum Gasteiger partial charge on any atom is -0.396 e. The lowest BCUT2D eigenvalue weighted by Gasteiger charge is -2.20. The molecule has 0 saturated heterocycles. The fraction of sp³-hybridized carbons (Fsp3) is 0.545. The first kappa shape index (κ1) is 13.7. The molecule has 1 aromatic heterocycles. The van der Waals surface area contributed by atoms with Crippen LogP contribution in [0.3, 0.4) is 0 Å². The summed E-state index contributed by atoms with van der Waals surface area (Å²) in [6, 6.07) is 1.65. The molecule has 0 radical (unpaired) electrons. The Morgan fingerprint density at radius 3 is 2.62 bits per heavy atom. The van der Waals surface area contributed by atoms with Crippen molar-refractivity contribution in [3.05, 3.63) is 28.0 Å². The van der Waals surface area contributed by atoms with Gasteiger partial charge in [0.1, 0.15) is 5.15 Å². The Bertz CT molecular complexity index is 327. The number of hydrogen-bond donors (Lipinski definition) is 2. The maximum absolute atomic E-state index is 9.69. The second-order valence-corrected chi connectivity index (χ2v) is 4.45. The van der Waals surface area contributed by atoms with Gasteiger partial charge in [-0.1, -0.05) is 30.1 Å². The topological polar surface area (TPSA) is 53.4 Å². The standard InChI is InChI=1S/C11H15Cl2NO2/c1-2-10(16)7(6-15)5-8-9(12)3-4-14-11(8)13/h3-4,7,10,15-16H,2,5-6H2,1H3. The predicted octanol–water partition coefficient (Wildman–Crippen LogP) is 2.31. The second-order valence-electron chi connectivity index (χ2n) is 3.68. The third kappa shape index (κ3) is 3.32. The van der Waals surface area contributed by atoms with Gasteiger partial charge in [0.15, 0.2) is 0 Å². The maximum Gasteiger partial charge on any atom is 0.133 e. The number of aromatic nitrogens is 1. The molecule has 3 nitrogen and oxygen atoms in total. The molecular weight excluding hydrogens is 249 g/mol. The van der Waals surface area contributed by atoms with Crippen molar-refractivity contribution in [3.63, 3.8) is 0 Å². The van der Waals surface area contributed by atoms with Crippen molar-refractivity contribution in [1.82, 2.24) is 4.98 Å². The molecule has 0 aromatic carbocycles. The van der Waals surface area contributed by atoms with Gasteiger partial charge in [-0.25, -0.2) is 4.98 Å². The molecule has 0 aliphatic carbocycles. The van der Waals surface area contributed by atoms with E-state index >= 15 is 0 Å². The highest BCUT2D eigenvalue weighted by Gasteiger charge is 2.20. The van der Waals surface area contributed by atoms with Gasteiger partial charge in [-0.05, 0) is 18.9 Å².